The van der Waals surface area contributed by atoms with Crippen LogP contribution < -0.4 is 10.1 Å². The Kier molecular flexibility index (Phi) is 5.91. The van der Waals surface area contributed by atoms with Crippen LogP contribution in [0.25, 0.3) is 0 Å². The van der Waals surface area contributed by atoms with Crippen LogP contribution in [0.2, 0.25) is 0 Å². The van der Waals surface area contributed by atoms with Gasteiger partial charge in [0.1, 0.15) is 5.75 Å². The minimum Gasteiger partial charge on any atom is -0.497 e. The van der Waals surface area contributed by atoms with E-state index in [-0.39, 0.29) is 11.9 Å². The number of hydrogen-bond donors (Lipinski definition) is 1. The van der Waals surface area contributed by atoms with Crippen molar-refractivity contribution in [2.45, 2.75) is 38.1 Å². The van der Waals surface area contributed by atoms with E-state index in [1.54, 1.807) is 7.11 Å². The fraction of sp³-hybridized carbons (Fsp3) is 0.550. The van der Waals surface area contributed by atoms with Gasteiger partial charge in [-0.2, -0.15) is 0 Å². The van der Waals surface area contributed by atoms with Gasteiger partial charge in [0, 0.05) is 13.0 Å². The van der Waals surface area contributed by atoms with Gasteiger partial charge < -0.3 is 10.1 Å². The molecule has 1 saturated heterocycles. The van der Waals surface area contributed by atoms with E-state index in [2.05, 4.69) is 34.5 Å². The summed E-state index contributed by atoms with van der Waals surface area (Å²) >= 11 is 0. The molecule has 2 atom stereocenters. The maximum atomic E-state index is 12.3. The van der Waals surface area contributed by atoms with E-state index in [1.807, 2.05) is 12.1 Å². The summed E-state index contributed by atoms with van der Waals surface area (Å²) in [7, 11) is 1.70. The summed E-state index contributed by atoms with van der Waals surface area (Å²) in [5.41, 5.74) is 1.22. The molecular formula is C20H28N2O2. The summed E-state index contributed by atoms with van der Waals surface area (Å²) < 4.78 is 5.37. The smallest absolute Gasteiger partial charge is 0.220 e. The van der Waals surface area contributed by atoms with E-state index in [0.717, 1.165) is 31.7 Å². The predicted molar refractivity (Wildman–Crippen MR) is 96.0 cm³/mol. The van der Waals surface area contributed by atoms with Crippen molar-refractivity contribution in [1.82, 2.24) is 10.2 Å². The van der Waals surface area contributed by atoms with Crippen LogP contribution in [0.4, 0.5) is 0 Å². The Morgan fingerprint density at radius 2 is 2.21 bits per heavy atom. The minimum atomic E-state index is 0.165. The third kappa shape index (κ3) is 4.38. The Hall–Kier alpha value is -1.81. The average Bonchev–Trinajstić information content (AvgIpc) is 3.29. The number of hydrogen-bond acceptors (Lipinski definition) is 3. The SMILES string of the molecule is COc1cccc(C(CNC(=O)CC2C=CCC2)N2CCCC2)c1. The molecule has 1 N–H and O–H groups in total. The molecule has 1 amide bonds. The fourth-order valence-corrected chi connectivity index (χ4v) is 3.75. The van der Waals surface area contributed by atoms with Crippen molar-refractivity contribution in [1.29, 1.82) is 0 Å². The zero-order valence-corrected chi connectivity index (χ0v) is 14.5. The summed E-state index contributed by atoms with van der Waals surface area (Å²) in [6.45, 7) is 2.87. The van der Waals surface area contributed by atoms with E-state index >= 15 is 0 Å². The van der Waals surface area contributed by atoms with Crippen molar-refractivity contribution >= 4 is 5.91 Å². The molecule has 4 heteroatoms. The highest BCUT2D eigenvalue weighted by molar-refractivity contribution is 5.76. The van der Waals surface area contributed by atoms with Crippen molar-refractivity contribution in [3.05, 3.63) is 42.0 Å². The minimum absolute atomic E-state index is 0.165. The lowest BCUT2D eigenvalue weighted by Crippen LogP contribution is -2.37. The van der Waals surface area contributed by atoms with Crippen LogP contribution in [0.1, 0.15) is 43.7 Å². The molecule has 2 aliphatic rings. The van der Waals surface area contributed by atoms with Gasteiger partial charge in [-0.05, 0) is 62.4 Å². The highest BCUT2D eigenvalue weighted by atomic mass is 16.5. The van der Waals surface area contributed by atoms with Crippen LogP contribution in [0.5, 0.6) is 5.75 Å². The molecule has 1 heterocycles. The monoisotopic (exact) mass is 328 g/mol. The van der Waals surface area contributed by atoms with Crippen LogP contribution >= 0.6 is 0 Å². The lowest BCUT2D eigenvalue weighted by molar-refractivity contribution is -0.121. The van der Waals surface area contributed by atoms with Crippen molar-refractivity contribution in [3.63, 3.8) is 0 Å². The molecule has 2 unspecified atom stereocenters. The molecule has 1 aromatic rings. The Labute approximate surface area is 144 Å². The Balaban J connectivity index is 1.63. The molecule has 0 bridgehead atoms. The van der Waals surface area contributed by atoms with Crippen LogP contribution in [-0.4, -0.2) is 37.6 Å². The van der Waals surface area contributed by atoms with Crippen molar-refractivity contribution in [2.75, 3.05) is 26.7 Å². The molecule has 0 radical (unpaired) electrons. The molecule has 130 valence electrons. The second kappa shape index (κ2) is 8.34. The molecule has 4 nitrogen and oxygen atoms in total. The molecule has 1 aliphatic heterocycles. The first kappa shape index (κ1) is 17.0. The topological polar surface area (TPSA) is 41.6 Å². The summed E-state index contributed by atoms with van der Waals surface area (Å²) in [4.78, 5) is 14.8. The number of nitrogens with one attached hydrogen (secondary N) is 1. The second-order valence-corrected chi connectivity index (χ2v) is 6.81. The highest BCUT2D eigenvalue weighted by Crippen LogP contribution is 2.27. The molecule has 1 aliphatic carbocycles. The highest BCUT2D eigenvalue weighted by Gasteiger charge is 2.24. The van der Waals surface area contributed by atoms with Crippen molar-refractivity contribution in [2.24, 2.45) is 5.92 Å². The number of methoxy groups -OCH3 is 1. The number of amides is 1. The van der Waals surface area contributed by atoms with Gasteiger partial charge in [-0.15, -0.1) is 0 Å². The molecule has 1 aromatic carbocycles. The molecular weight excluding hydrogens is 300 g/mol. The van der Waals surface area contributed by atoms with Gasteiger partial charge >= 0.3 is 0 Å². The lowest BCUT2D eigenvalue weighted by Gasteiger charge is -2.28. The van der Waals surface area contributed by atoms with E-state index in [1.165, 1.54) is 18.4 Å². The molecule has 1 fully saturated rings. The fourth-order valence-electron chi connectivity index (χ4n) is 3.75. The lowest BCUT2D eigenvalue weighted by atomic mass is 10.0. The molecule has 0 aromatic heterocycles. The summed E-state index contributed by atoms with van der Waals surface area (Å²) in [6.07, 6.45) is 9.67. The Morgan fingerprint density at radius 1 is 1.38 bits per heavy atom. The van der Waals surface area contributed by atoms with E-state index in [0.29, 0.717) is 18.9 Å². The number of allylic oxidation sites excluding steroid dienone is 2. The maximum absolute atomic E-state index is 12.3. The van der Waals surface area contributed by atoms with Crippen LogP contribution in [0, 0.1) is 5.92 Å². The Morgan fingerprint density at radius 3 is 2.92 bits per heavy atom. The number of carbonyl (C=O) groups is 1. The molecule has 0 saturated carbocycles. The van der Waals surface area contributed by atoms with E-state index in [4.69, 9.17) is 4.74 Å². The van der Waals surface area contributed by atoms with E-state index < -0.39 is 0 Å². The first-order chi connectivity index (χ1) is 11.8. The molecule has 0 spiro atoms. The van der Waals surface area contributed by atoms with Crippen LogP contribution in [0.3, 0.4) is 0 Å². The van der Waals surface area contributed by atoms with Gasteiger partial charge in [-0.1, -0.05) is 24.3 Å². The normalized spacial score (nSPS) is 21.8. The molecule has 3 rings (SSSR count). The zero-order chi connectivity index (χ0) is 16.8. The number of ether oxygens (including phenoxy) is 1. The van der Waals surface area contributed by atoms with E-state index in [9.17, 15) is 4.79 Å². The second-order valence-electron chi connectivity index (χ2n) is 6.81. The quantitative estimate of drug-likeness (QED) is 0.781. The largest absolute Gasteiger partial charge is 0.497 e. The van der Waals surface area contributed by atoms with Gasteiger partial charge in [0.25, 0.3) is 0 Å². The first-order valence-corrected chi connectivity index (χ1v) is 9.07. The van der Waals surface area contributed by atoms with Gasteiger partial charge in [-0.25, -0.2) is 0 Å². The molecule has 24 heavy (non-hydrogen) atoms. The van der Waals surface area contributed by atoms with Gasteiger partial charge in [0.2, 0.25) is 5.91 Å². The number of rotatable bonds is 7. The van der Waals surface area contributed by atoms with Crippen LogP contribution in [-0.2, 0) is 4.79 Å². The maximum Gasteiger partial charge on any atom is 0.220 e. The number of benzene rings is 1. The van der Waals surface area contributed by atoms with Crippen molar-refractivity contribution in [3.8, 4) is 5.75 Å². The van der Waals surface area contributed by atoms with Gasteiger partial charge in [0.15, 0.2) is 0 Å². The standard InChI is InChI=1S/C20H28N2O2/c1-24-18-10-6-9-17(14-18)19(22-11-4-5-12-22)15-21-20(23)13-16-7-2-3-8-16/h2,6-7,9-10,14,16,19H,3-5,8,11-13,15H2,1H3,(H,21,23). The average molecular weight is 328 g/mol. The number of carbonyl (C=O) groups excluding carboxylic acids is 1. The summed E-state index contributed by atoms with van der Waals surface area (Å²) in [5.74, 6) is 1.46. The third-order valence-corrected chi connectivity index (χ3v) is 5.11. The van der Waals surface area contributed by atoms with Crippen LogP contribution in [0.15, 0.2) is 36.4 Å². The third-order valence-electron chi connectivity index (χ3n) is 5.11. The summed E-state index contributed by atoms with van der Waals surface area (Å²) in [6, 6.07) is 8.45. The number of nitrogens with zero attached hydrogens (tertiary/aromatic N) is 1. The zero-order valence-electron chi connectivity index (χ0n) is 14.5. The van der Waals surface area contributed by atoms with Gasteiger partial charge in [0.05, 0.1) is 13.2 Å². The first-order valence-electron chi connectivity index (χ1n) is 9.07. The van der Waals surface area contributed by atoms with Crippen molar-refractivity contribution < 1.29 is 9.53 Å². The number of likely N-dealkylation sites (tertiary alicyclic amines) is 1. The summed E-state index contributed by atoms with van der Waals surface area (Å²) in [5, 5.41) is 3.17. The van der Waals surface area contributed by atoms with Gasteiger partial charge in [-0.3, -0.25) is 9.69 Å². The predicted octanol–water partition coefficient (Wildman–Crippen LogP) is 3.30. The Bertz CT molecular complexity index is 579.